The molecule has 20 heavy (non-hydrogen) atoms. The summed E-state index contributed by atoms with van der Waals surface area (Å²) in [7, 11) is 0. The molecule has 0 spiro atoms. The van der Waals surface area contributed by atoms with E-state index in [4.69, 9.17) is 14.2 Å². The Labute approximate surface area is 114 Å². The lowest BCUT2D eigenvalue weighted by molar-refractivity contribution is -0.337. The average Bonchev–Trinajstić information content (AvgIpc) is 2.41. The molecule has 9 heteroatoms. The van der Waals surface area contributed by atoms with E-state index in [1.807, 2.05) is 0 Å². The molecule has 2 aliphatic heterocycles. The van der Waals surface area contributed by atoms with Crippen LogP contribution in [0.1, 0.15) is 6.92 Å². The number of rotatable bonds is 2. The third-order valence-electron chi connectivity index (χ3n) is 3.54. The summed E-state index contributed by atoms with van der Waals surface area (Å²) in [5.74, 6) is 0. The lowest BCUT2D eigenvalue weighted by atomic mass is 9.99. The first-order valence-corrected chi connectivity index (χ1v) is 6.34. The van der Waals surface area contributed by atoms with Crippen LogP contribution in [0.15, 0.2) is 0 Å². The summed E-state index contributed by atoms with van der Waals surface area (Å²) in [5, 5.41) is 57.3. The van der Waals surface area contributed by atoms with Gasteiger partial charge < -0.3 is 44.8 Å². The van der Waals surface area contributed by atoms with Gasteiger partial charge in [0.05, 0.1) is 12.7 Å². The summed E-state index contributed by atoms with van der Waals surface area (Å²) in [6.45, 7) is 1.26. The van der Waals surface area contributed by atoms with E-state index in [-0.39, 0.29) is 6.61 Å². The van der Waals surface area contributed by atoms with Gasteiger partial charge in [-0.15, -0.1) is 0 Å². The number of hydrogen-bond acceptors (Lipinski definition) is 9. The molecule has 0 aromatic carbocycles. The molecular formula is C11H20O9. The highest BCUT2D eigenvalue weighted by atomic mass is 16.7. The van der Waals surface area contributed by atoms with Crippen molar-refractivity contribution in [1.29, 1.82) is 0 Å². The van der Waals surface area contributed by atoms with Crippen molar-refractivity contribution in [2.75, 3.05) is 6.61 Å². The third-order valence-corrected chi connectivity index (χ3v) is 3.54. The quantitative estimate of drug-likeness (QED) is 0.302. The van der Waals surface area contributed by atoms with E-state index in [0.717, 1.165) is 0 Å². The predicted molar refractivity (Wildman–Crippen MR) is 61.2 cm³/mol. The summed E-state index contributed by atoms with van der Waals surface area (Å²) in [6, 6.07) is 0. The Morgan fingerprint density at radius 2 is 1.55 bits per heavy atom. The van der Waals surface area contributed by atoms with Crippen LogP contribution in [0.5, 0.6) is 0 Å². The minimum atomic E-state index is -1.56. The van der Waals surface area contributed by atoms with E-state index in [2.05, 4.69) is 0 Å². The monoisotopic (exact) mass is 296 g/mol. The fraction of sp³-hybridized carbons (Fsp3) is 1.00. The molecule has 0 radical (unpaired) electrons. The summed E-state index contributed by atoms with van der Waals surface area (Å²) in [5.41, 5.74) is 0. The molecule has 0 aliphatic carbocycles. The van der Waals surface area contributed by atoms with Crippen LogP contribution in [0, 0.1) is 0 Å². The van der Waals surface area contributed by atoms with Gasteiger partial charge in [-0.05, 0) is 6.92 Å². The molecule has 2 fully saturated rings. The zero-order chi connectivity index (χ0) is 15.0. The van der Waals surface area contributed by atoms with Crippen LogP contribution in [0.2, 0.25) is 0 Å². The van der Waals surface area contributed by atoms with Crippen LogP contribution in [-0.2, 0) is 14.2 Å². The van der Waals surface area contributed by atoms with E-state index in [0.29, 0.717) is 0 Å². The number of hydrogen-bond donors (Lipinski definition) is 6. The zero-order valence-corrected chi connectivity index (χ0v) is 10.8. The second-order valence-corrected chi connectivity index (χ2v) is 5.06. The van der Waals surface area contributed by atoms with Crippen LogP contribution in [0.3, 0.4) is 0 Å². The second kappa shape index (κ2) is 6.18. The summed E-state index contributed by atoms with van der Waals surface area (Å²) < 4.78 is 15.3. The lowest BCUT2D eigenvalue weighted by Gasteiger charge is -2.43. The van der Waals surface area contributed by atoms with Crippen molar-refractivity contribution in [2.24, 2.45) is 0 Å². The van der Waals surface area contributed by atoms with E-state index < -0.39 is 55.3 Å². The smallest absolute Gasteiger partial charge is 0.186 e. The highest BCUT2D eigenvalue weighted by Crippen LogP contribution is 2.26. The van der Waals surface area contributed by atoms with Crippen molar-refractivity contribution in [3.05, 3.63) is 0 Å². The normalized spacial score (nSPS) is 53.9. The van der Waals surface area contributed by atoms with Gasteiger partial charge >= 0.3 is 0 Å². The van der Waals surface area contributed by atoms with Crippen molar-refractivity contribution in [3.63, 3.8) is 0 Å². The molecule has 0 amide bonds. The Balaban J connectivity index is 2.01. The molecule has 9 nitrogen and oxygen atoms in total. The van der Waals surface area contributed by atoms with Crippen molar-refractivity contribution in [2.45, 2.75) is 62.2 Å². The molecule has 2 rings (SSSR count). The van der Waals surface area contributed by atoms with Crippen LogP contribution in [-0.4, -0.2) is 92.6 Å². The molecule has 2 saturated heterocycles. The molecule has 6 N–H and O–H groups in total. The standard InChI is InChI=1S/C11H20O9/c1-3-9(6(14)7(15)10(17)19-3)20-11-8(16)5(13)4(12)2-18-11/h3-17H,2H2,1H3/t3-,4+,5-,6-,7+,8+,9-,10+,11+/m0/s1. The van der Waals surface area contributed by atoms with Gasteiger partial charge in [0.15, 0.2) is 12.6 Å². The van der Waals surface area contributed by atoms with Gasteiger partial charge in [-0.2, -0.15) is 0 Å². The molecule has 118 valence electrons. The fourth-order valence-corrected chi connectivity index (χ4v) is 2.26. The van der Waals surface area contributed by atoms with Crippen LogP contribution < -0.4 is 0 Å². The molecule has 0 saturated carbocycles. The van der Waals surface area contributed by atoms with Crippen LogP contribution in [0.25, 0.3) is 0 Å². The van der Waals surface area contributed by atoms with Crippen molar-refractivity contribution in [3.8, 4) is 0 Å². The first-order chi connectivity index (χ1) is 9.32. The minimum absolute atomic E-state index is 0.244. The third kappa shape index (κ3) is 2.96. The largest absolute Gasteiger partial charge is 0.388 e. The van der Waals surface area contributed by atoms with E-state index in [1.165, 1.54) is 6.92 Å². The molecular weight excluding hydrogens is 276 g/mol. The van der Waals surface area contributed by atoms with Gasteiger partial charge in [-0.25, -0.2) is 0 Å². The van der Waals surface area contributed by atoms with Gasteiger partial charge in [-0.1, -0.05) is 0 Å². The van der Waals surface area contributed by atoms with Gasteiger partial charge in [0.1, 0.15) is 36.6 Å². The molecule has 2 heterocycles. The average molecular weight is 296 g/mol. The van der Waals surface area contributed by atoms with Gasteiger partial charge in [0.25, 0.3) is 0 Å². The summed E-state index contributed by atoms with van der Waals surface area (Å²) in [6.07, 6.45) is -11.9. The van der Waals surface area contributed by atoms with Crippen molar-refractivity contribution in [1.82, 2.24) is 0 Å². The first-order valence-electron chi connectivity index (χ1n) is 6.34. The Hall–Kier alpha value is -0.360. The summed E-state index contributed by atoms with van der Waals surface area (Å²) in [4.78, 5) is 0. The lowest BCUT2D eigenvalue weighted by Crippen LogP contribution is -2.61. The zero-order valence-electron chi connectivity index (χ0n) is 10.8. The molecule has 0 aromatic rings. The maximum Gasteiger partial charge on any atom is 0.186 e. The Kier molecular flexibility index (Phi) is 4.95. The van der Waals surface area contributed by atoms with Crippen molar-refractivity contribution < 1.29 is 44.8 Å². The Morgan fingerprint density at radius 3 is 2.20 bits per heavy atom. The molecule has 9 atom stereocenters. The molecule has 0 unspecified atom stereocenters. The van der Waals surface area contributed by atoms with Gasteiger partial charge in [0, 0.05) is 0 Å². The number of ether oxygens (including phenoxy) is 3. The predicted octanol–water partition coefficient (Wildman–Crippen LogP) is -3.73. The topological polar surface area (TPSA) is 149 Å². The molecule has 0 aromatic heterocycles. The number of aliphatic hydroxyl groups is 6. The molecule has 0 bridgehead atoms. The SMILES string of the molecule is C[C@@H]1O[C@@H](O)[C@H](O)[C@H](O)[C@H]1O[C@H]1OC[C@@H](O)[C@H](O)[C@H]1O. The Morgan fingerprint density at radius 1 is 0.900 bits per heavy atom. The fourth-order valence-electron chi connectivity index (χ4n) is 2.26. The Bertz CT molecular complexity index is 327. The summed E-state index contributed by atoms with van der Waals surface area (Å²) >= 11 is 0. The first kappa shape index (κ1) is 16.0. The van der Waals surface area contributed by atoms with E-state index in [9.17, 15) is 30.6 Å². The van der Waals surface area contributed by atoms with E-state index >= 15 is 0 Å². The van der Waals surface area contributed by atoms with Crippen LogP contribution in [0.4, 0.5) is 0 Å². The molecule has 2 aliphatic rings. The number of aliphatic hydroxyl groups excluding tert-OH is 6. The highest BCUT2D eigenvalue weighted by molar-refractivity contribution is 4.90. The minimum Gasteiger partial charge on any atom is -0.388 e. The van der Waals surface area contributed by atoms with Crippen molar-refractivity contribution >= 4 is 0 Å². The maximum atomic E-state index is 9.85. The van der Waals surface area contributed by atoms with Gasteiger partial charge in [0.2, 0.25) is 0 Å². The van der Waals surface area contributed by atoms with E-state index in [1.54, 1.807) is 0 Å². The maximum absolute atomic E-state index is 9.85. The highest BCUT2D eigenvalue weighted by Gasteiger charge is 2.46. The van der Waals surface area contributed by atoms with Crippen LogP contribution >= 0.6 is 0 Å². The second-order valence-electron chi connectivity index (χ2n) is 5.06. The van der Waals surface area contributed by atoms with Gasteiger partial charge in [-0.3, -0.25) is 0 Å².